The molecule has 2 saturated heterocycles. The third-order valence-electron chi connectivity index (χ3n) is 6.83. The summed E-state index contributed by atoms with van der Waals surface area (Å²) in [4.78, 5) is 20.4. The largest absolute Gasteiger partial charge is 0.369 e. The normalized spacial score (nSPS) is 19.8. The number of aryl methyl sites for hydroxylation is 1. The van der Waals surface area contributed by atoms with Crippen molar-refractivity contribution in [2.75, 3.05) is 44.2 Å². The van der Waals surface area contributed by atoms with E-state index in [0.717, 1.165) is 56.9 Å². The number of anilines is 1. The monoisotopic (exact) mass is 429 g/mol. The van der Waals surface area contributed by atoms with Crippen LogP contribution in [0, 0.1) is 6.92 Å². The minimum atomic E-state index is 0.127. The van der Waals surface area contributed by atoms with Crippen LogP contribution in [-0.2, 0) is 0 Å². The van der Waals surface area contributed by atoms with Gasteiger partial charge in [-0.15, -0.1) is 0 Å². The first-order chi connectivity index (χ1) is 15.7. The molecule has 1 aromatic heterocycles. The second-order valence-electron chi connectivity index (χ2n) is 8.86. The smallest absolute Gasteiger partial charge is 0.253 e. The zero-order valence-electron chi connectivity index (χ0n) is 18.7. The third kappa shape index (κ3) is 4.28. The van der Waals surface area contributed by atoms with Crippen molar-refractivity contribution in [2.24, 2.45) is 0 Å². The number of nitrogens with zero attached hydrogens (tertiary/aromatic N) is 5. The Morgan fingerprint density at radius 2 is 1.81 bits per heavy atom. The van der Waals surface area contributed by atoms with E-state index in [2.05, 4.69) is 46.1 Å². The molecule has 1 amide bonds. The van der Waals surface area contributed by atoms with E-state index in [1.165, 1.54) is 17.7 Å². The van der Waals surface area contributed by atoms with Crippen LogP contribution < -0.4 is 4.90 Å². The molecule has 166 valence electrons. The number of aromatic nitrogens is 2. The second kappa shape index (κ2) is 9.17. The number of amides is 1. The Balaban J connectivity index is 1.22. The van der Waals surface area contributed by atoms with Gasteiger partial charge in [-0.1, -0.05) is 24.3 Å². The van der Waals surface area contributed by atoms with Gasteiger partial charge in [0.2, 0.25) is 0 Å². The fraction of sp³-hybridized carbons (Fsp3) is 0.385. The molecule has 6 heteroatoms. The Morgan fingerprint density at radius 1 is 0.969 bits per heavy atom. The van der Waals surface area contributed by atoms with Gasteiger partial charge in [-0.05, 0) is 55.7 Å². The third-order valence-corrected chi connectivity index (χ3v) is 6.83. The van der Waals surface area contributed by atoms with Crippen molar-refractivity contribution in [1.29, 1.82) is 0 Å². The van der Waals surface area contributed by atoms with Gasteiger partial charge in [-0.2, -0.15) is 5.10 Å². The molecule has 0 unspecified atom stereocenters. The quantitative estimate of drug-likeness (QED) is 0.636. The molecule has 2 aliphatic heterocycles. The fourth-order valence-electron chi connectivity index (χ4n) is 5.07. The molecule has 0 aliphatic carbocycles. The van der Waals surface area contributed by atoms with Crippen molar-refractivity contribution in [3.05, 3.63) is 78.1 Å². The summed E-state index contributed by atoms with van der Waals surface area (Å²) in [6, 6.07) is 18.8. The number of benzene rings is 2. The zero-order valence-corrected chi connectivity index (χ0v) is 18.7. The SMILES string of the molecule is Cc1ccccc1N1CCN([C@@H]2CCCN(C(=O)c3cccc(-n4cccn4)c3)C2)CC1. The Hall–Kier alpha value is -3.12. The van der Waals surface area contributed by atoms with E-state index in [-0.39, 0.29) is 5.91 Å². The molecule has 32 heavy (non-hydrogen) atoms. The summed E-state index contributed by atoms with van der Waals surface area (Å²) in [6.45, 7) is 8.03. The van der Waals surface area contributed by atoms with Crippen LogP contribution >= 0.6 is 0 Å². The van der Waals surface area contributed by atoms with Gasteiger partial charge in [0, 0.05) is 69.0 Å². The van der Waals surface area contributed by atoms with Crippen LogP contribution in [0.5, 0.6) is 0 Å². The Kier molecular flexibility index (Phi) is 5.95. The second-order valence-corrected chi connectivity index (χ2v) is 8.86. The molecule has 2 fully saturated rings. The number of para-hydroxylation sites is 1. The molecule has 5 rings (SSSR count). The van der Waals surface area contributed by atoms with Gasteiger partial charge in [0.1, 0.15) is 0 Å². The molecule has 0 bridgehead atoms. The lowest BCUT2D eigenvalue weighted by Crippen LogP contribution is -2.56. The van der Waals surface area contributed by atoms with Gasteiger partial charge in [0.15, 0.2) is 0 Å². The van der Waals surface area contributed by atoms with Crippen molar-refractivity contribution in [3.63, 3.8) is 0 Å². The Morgan fingerprint density at radius 3 is 2.59 bits per heavy atom. The lowest BCUT2D eigenvalue weighted by molar-refractivity contribution is 0.0563. The van der Waals surface area contributed by atoms with E-state index >= 15 is 0 Å². The van der Waals surface area contributed by atoms with Crippen LogP contribution in [0.3, 0.4) is 0 Å². The van der Waals surface area contributed by atoms with Crippen LogP contribution in [-0.4, -0.2) is 70.8 Å². The highest BCUT2D eigenvalue weighted by atomic mass is 16.2. The summed E-state index contributed by atoms with van der Waals surface area (Å²) in [5.74, 6) is 0.127. The van der Waals surface area contributed by atoms with Crippen LogP contribution in [0.25, 0.3) is 5.69 Å². The predicted molar refractivity (Wildman–Crippen MR) is 127 cm³/mol. The first-order valence-electron chi connectivity index (χ1n) is 11.6. The maximum Gasteiger partial charge on any atom is 0.253 e. The van der Waals surface area contributed by atoms with Crippen LogP contribution in [0.1, 0.15) is 28.8 Å². The number of hydrogen-bond acceptors (Lipinski definition) is 4. The molecule has 0 N–H and O–H groups in total. The number of likely N-dealkylation sites (tertiary alicyclic amines) is 1. The van der Waals surface area contributed by atoms with Crippen LogP contribution in [0.15, 0.2) is 67.0 Å². The topological polar surface area (TPSA) is 44.6 Å². The van der Waals surface area contributed by atoms with Crippen LogP contribution in [0.4, 0.5) is 5.69 Å². The summed E-state index contributed by atoms with van der Waals surface area (Å²) in [7, 11) is 0. The Labute approximate surface area is 190 Å². The van der Waals surface area contributed by atoms with Crippen molar-refractivity contribution >= 4 is 11.6 Å². The first kappa shape index (κ1) is 20.8. The summed E-state index contributed by atoms with van der Waals surface area (Å²) in [6.07, 6.45) is 5.88. The molecule has 0 saturated carbocycles. The molecule has 6 nitrogen and oxygen atoms in total. The molecule has 2 aliphatic rings. The molecule has 3 aromatic rings. The molecule has 0 spiro atoms. The average molecular weight is 430 g/mol. The number of carbonyl (C=O) groups is 1. The zero-order chi connectivity index (χ0) is 21.9. The first-order valence-corrected chi connectivity index (χ1v) is 11.6. The minimum Gasteiger partial charge on any atom is -0.369 e. The summed E-state index contributed by atoms with van der Waals surface area (Å²) < 4.78 is 1.80. The summed E-state index contributed by atoms with van der Waals surface area (Å²) >= 11 is 0. The molecular weight excluding hydrogens is 398 g/mol. The van der Waals surface area contributed by atoms with E-state index in [1.54, 1.807) is 10.9 Å². The van der Waals surface area contributed by atoms with Gasteiger partial charge in [0.25, 0.3) is 5.91 Å². The van der Waals surface area contributed by atoms with E-state index in [1.807, 2.05) is 41.4 Å². The van der Waals surface area contributed by atoms with Crippen molar-refractivity contribution in [1.82, 2.24) is 19.6 Å². The van der Waals surface area contributed by atoms with E-state index < -0.39 is 0 Å². The van der Waals surface area contributed by atoms with E-state index in [0.29, 0.717) is 6.04 Å². The van der Waals surface area contributed by atoms with Crippen molar-refractivity contribution in [3.8, 4) is 5.69 Å². The molecule has 0 radical (unpaired) electrons. The van der Waals surface area contributed by atoms with Crippen molar-refractivity contribution in [2.45, 2.75) is 25.8 Å². The number of hydrogen-bond donors (Lipinski definition) is 0. The van der Waals surface area contributed by atoms with Gasteiger partial charge >= 0.3 is 0 Å². The number of piperidine rings is 1. The van der Waals surface area contributed by atoms with Crippen molar-refractivity contribution < 1.29 is 4.79 Å². The predicted octanol–water partition coefficient (Wildman–Crippen LogP) is 3.61. The van der Waals surface area contributed by atoms with E-state index in [4.69, 9.17) is 0 Å². The maximum atomic E-state index is 13.3. The molecule has 1 atom stereocenters. The maximum absolute atomic E-state index is 13.3. The molecule has 2 aromatic carbocycles. The lowest BCUT2D eigenvalue weighted by atomic mass is 10.0. The number of piperazine rings is 1. The summed E-state index contributed by atoms with van der Waals surface area (Å²) in [5.41, 5.74) is 4.35. The molecule has 3 heterocycles. The Bertz CT molecular complexity index is 1060. The minimum absolute atomic E-state index is 0.127. The fourth-order valence-corrected chi connectivity index (χ4v) is 5.07. The number of rotatable bonds is 4. The van der Waals surface area contributed by atoms with Crippen LogP contribution in [0.2, 0.25) is 0 Å². The highest BCUT2D eigenvalue weighted by molar-refractivity contribution is 5.94. The van der Waals surface area contributed by atoms with Gasteiger partial charge in [-0.25, -0.2) is 4.68 Å². The average Bonchev–Trinajstić information content (AvgIpc) is 3.39. The van der Waals surface area contributed by atoms with Gasteiger partial charge in [0.05, 0.1) is 5.69 Å². The highest BCUT2D eigenvalue weighted by Crippen LogP contribution is 2.24. The number of carbonyl (C=O) groups excluding carboxylic acids is 1. The van der Waals surface area contributed by atoms with Gasteiger partial charge < -0.3 is 9.80 Å². The molecular formula is C26H31N5O. The van der Waals surface area contributed by atoms with Gasteiger partial charge in [-0.3, -0.25) is 9.69 Å². The van der Waals surface area contributed by atoms with E-state index in [9.17, 15) is 4.79 Å². The summed E-state index contributed by atoms with van der Waals surface area (Å²) in [5, 5.41) is 4.29. The highest BCUT2D eigenvalue weighted by Gasteiger charge is 2.30. The standard InChI is InChI=1S/C26H31N5O/c1-21-7-2-3-11-25(21)29-17-15-28(16-18-29)24-10-5-13-30(20-24)26(32)22-8-4-9-23(19-22)31-14-6-12-27-31/h2-4,6-9,11-12,14,19,24H,5,10,13,15-18,20H2,1H3/t24-/m1/s1. The lowest BCUT2D eigenvalue weighted by Gasteiger charge is -2.44.